The SMILES string of the molecule is CCOC(=O)C12CC1CCN(c1ccc(OC)cc1)S2. The highest BCUT2D eigenvalue weighted by atomic mass is 32.2. The number of hydrogen-bond acceptors (Lipinski definition) is 5. The van der Waals surface area contributed by atoms with Crippen LogP contribution in [0.5, 0.6) is 5.75 Å². The van der Waals surface area contributed by atoms with Crippen molar-refractivity contribution in [1.29, 1.82) is 0 Å². The Labute approximate surface area is 123 Å². The summed E-state index contributed by atoms with van der Waals surface area (Å²) in [4.78, 5) is 12.1. The van der Waals surface area contributed by atoms with Crippen LogP contribution in [0.3, 0.4) is 0 Å². The molecule has 1 aliphatic heterocycles. The topological polar surface area (TPSA) is 38.8 Å². The first-order chi connectivity index (χ1) is 9.69. The molecular formula is C15H19NO3S. The van der Waals surface area contributed by atoms with Crippen LogP contribution in [-0.4, -0.2) is 31.0 Å². The maximum absolute atomic E-state index is 12.1. The zero-order valence-electron chi connectivity index (χ0n) is 11.8. The molecule has 1 saturated heterocycles. The second-order valence-electron chi connectivity index (χ2n) is 5.19. The number of hydrogen-bond donors (Lipinski definition) is 0. The summed E-state index contributed by atoms with van der Waals surface area (Å²) in [6.45, 7) is 3.29. The molecule has 5 heteroatoms. The van der Waals surface area contributed by atoms with Gasteiger partial charge in [-0.05, 0) is 61.9 Å². The van der Waals surface area contributed by atoms with Crippen molar-refractivity contribution in [2.24, 2.45) is 5.92 Å². The van der Waals surface area contributed by atoms with Crippen LogP contribution in [0.4, 0.5) is 5.69 Å². The van der Waals surface area contributed by atoms with E-state index in [-0.39, 0.29) is 10.7 Å². The molecule has 2 aliphatic rings. The first-order valence-corrected chi connectivity index (χ1v) is 7.75. The number of fused-ring (bicyclic) bond motifs is 1. The molecule has 20 heavy (non-hydrogen) atoms. The molecule has 1 aromatic carbocycles. The first-order valence-electron chi connectivity index (χ1n) is 6.97. The molecule has 0 aromatic heterocycles. The number of benzene rings is 1. The van der Waals surface area contributed by atoms with E-state index in [9.17, 15) is 4.79 Å². The summed E-state index contributed by atoms with van der Waals surface area (Å²) in [7, 11) is 1.66. The fourth-order valence-corrected chi connectivity index (χ4v) is 4.23. The van der Waals surface area contributed by atoms with Crippen LogP contribution in [0.25, 0.3) is 0 Å². The number of carbonyl (C=O) groups is 1. The smallest absolute Gasteiger partial charge is 0.324 e. The first kappa shape index (κ1) is 13.6. The number of nitrogens with zero attached hydrogens (tertiary/aromatic N) is 1. The van der Waals surface area contributed by atoms with Crippen molar-refractivity contribution in [3.63, 3.8) is 0 Å². The van der Waals surface area contributed by atoms with Gasteiger partial charge in [-0.15, -0.1) is 0 Å². The quantitative estimate of drug-likeness (QED) is 0.630. The third-order valence-electron chi connectivity index (χ3n) is 3.98. The molecule has 0 radical (unpaired) electrons. The number of ether oxygens (including phenoxy) is 2. The third-order valence-corrected chi connectivity index (χ3v) is 5.59. The fourth-order valence-electron chi connectivity index (χ4n) is 2.74. The minimum atomic E-state index is -0.325. The molecule has 2 unspecified atom stereocenters. The van der Waals surface area contributed by atoms with Gasteiger partial charge in [-0.1, -0.05) is 0 Å². The Hall–Kier alpha value is -1.36. The van der Waals surface area contributed by atoms with Crippen LogP contribution in [0.1, 0.15) is 19.8 Å². The van der Waals surface area contributed by atoms with Gasteiger partial charge >= 0.3 is 5.97 Å². The summed E-state index contributed by atoms with van der Waals surface area (Å²) in [5.41, 5.74) is 1.12. The molecule has 1 aromatic rings. The lowest BCUT2D eigenvalue weighted by molar-refractivity contribution is -0.143. The van der Waals surface area contributed by atoms with E-state index in [1.54, 1.807) is 19.1 Å². The minimum Gasteiger partial charge on any atom is -0.497 e. The van der Waals surface area contributed by atoms with E-state index in [4.69, 9.17) is 9.47 Å². The highest BCUT2D eigenvalue weighted by Gasteiger charge is 2.64. The fraction of sp³-hybridized carbons (Fsp3) is 0.533. The molecule has 1 aliphatic carbocycles. The van der Waals surface area contributed by atoms with E-state index < -0.39 is 0 Å². The molecule has 108 valence electrons. The molecular weight excluding hydrogens is 274 g/mol. The zero-order chi connectivity index (χ0) is 14.2. The molecule has 2 atom stereocenters. The number of methoxy groups -OCH3 is 1. The Bertz CT molecular complexity index is 504. The van der Waals surface area contributed by atoms with Gasteiger partial charge in [0, 0.05) is 12.2 Å². The van der Waals surface area contributed by atoms with E-state index >= 15 is 0 Å². The van der Waals surface area contributed by atoms with Crippen molar-refractivity contribution in [3.05, 3.63) is 24.3 Å². The van der Waals surface area contributed by atoms with Gasteiger partial charge in [0.25, 0.3) is 0 Å². The van der Waals surface area contributed by atoms with Crippen molar-refractivity contribution in [2.45, 2.75) is 24.5 Å². The average Bonchev–Trinajstić information content (AvgIpc) is 3.22. The summed E-state index contributed by atoms with van der Waals surface area (Å²) in [6.07, 6.45) is 2.00. The van der Waals surface area contributed by atoms with Crippen molar-refractivity contribution >= 4 is 23.6 Å². The van der Waals surface area contributed by atoms with Crippen LogP contribution < -0.4 is 9.04 Å². The monoisotopic (exact) mass is 293 g/mol. The molecule has 1 heterocycles. The van der Waals surface area contributed by atoms with Gasteiger partial charge in [-0.25, -0.2) is 0 Å². The van der Waals surface area contributed by atoms with E-state index in [2.05, 4.69) is 4.31 Å². The predicted octanol–water partition coefficient (Wildman–Crippen LogP) is 2.88. The van der Waals surface area contributed by atoms with Crippen LogP contribution in [0, 0.1) is 5.92 Å². The molecule has 3 rings (SSSR count). The summed E-state index contributed by atoms with van der Waals surface area (Å²) in [5, 5.41) is 0. The highest BCUT2D eigenvalue weighted by molar-refractivity contribution is 8.03. The van der Waals surface area contributed by atoms with Crippen LogP contribution in [0.15, 0.2) is 24.3 Å². The summed E-state index contributed by atoms with van der Waals surface area (Å²) in [5.74, 6) is 1.29. The number of esters is 1. The lowest BCUT2D eigenvalue weighted by Crippen LogP contribution is -2.35. The zero-order valence-corrected chi connectivity index (χ0v) is 12.6. The minimum absolute atomic E-state index is 0.0480. The molecule has 1 saturated carbocycles. The lowest BCUT2D eigenvalue weighted by atomic mass is 10.2. The van der Waals surface area contributed by atoms with Gasteiger partial charge in [0.1, 0.15) is 10.5 Å². The van der Waals surface area contributed by atoms with Gasteiger partial charge in [-0.3, -0.25) is 4.79 Å². The normalized spacial score (nSPS) is 27.7. The van der Waals surface area contributed by atoms with Gasteiger partial charge in [-0.2, -0.15) is 0 Å². The molecule has 4 nitrogen and oxygen atoms in total. The van der Waals surface area contributed by atoms with Gasteiger partial charge in [0.15, 0.2) is 0 Å². The standard InChI is InChI=1S/C15H19NO3S/c1-3-19-14(17)15-10-11(15)8-9-16(20-15)12-4-6-13(18-2)7-5-12/h4-7,11H,3,8-10H2,1-2H3. The number of rotatable bonds is 4. The molecule has 0 bridgehead atoms. The summed E-state index contributed by atoms with van der Waals surface area (Å²) >= 11 is 1.64. The molecule has 2 fully saturated rings. The summed E-state index contributed by atoms with van der Waals surface area (Å²) < 4.78 is 12.3. The van der Waals surface area contributed by atoms with E-state index in [1.807, 2.05) is 31.2 Å². The Morgan fingerprint density at radius 3 is 2.85 bits per heavy atom. The predicted molar refractivity (Wildman–Crippen MR) is 80.0 cm³/mol. The van der Waals surface area contributed by atoms with Gasteiger partial charge < -0.3 is 13.8 Å². The molecule has 0 N–H and O–H groups in total. The second-order valence-corrected chi connectivity index (χ2v) is 6.54. The van der Waals surface area contributed by atoms with Crippen LogP contribution in [-0.2, 0) is 9.53 Å². The Kier molecular flexibility index (Phi) is 3.54. The van der Waals surface area contributed by atoms with E-state index in [1.165, 1.54) is 0 Å². The molecule has 0 spiro atoms. The number of carbonyl (C=O) groups excluding carboxylic acids is 1. The maximum Gasteiger partial charge on any atom is 0.324 e. The Balaban J connectivity index is 1.74. The average molecular weight is 293 g/mol. The van der Waals surface area contributed by atoms with Crippen LogP contribution >= 0.6 is 11.9 Å². The van der Waals surface area contributed by atoms with Crippen molar-refractivity contribution in [1.82, 2.24) is 0 Å². The molecule has 0 amide bonds. The van der Waals surface area contributed by atoms with Gasteiger partial charge in [0.2, 0.25) is 0 Å². The Morgan fingerprint density at radius 1 is 1.45 bits per heavy atom. The number of anilines is 1. The van der Waals surface area contributed by atoms with E-state index in [0.717, 1.165) is 30.8 Å². The lowest BCUT2D eigenvalue weighted by Gasteiger charge is -2.31. The van der Waals surface area contributed by atoms with Crippen molar-refractivity contribution in [3.8, 4) is 5.75 Å². The largest absolute Gasteiger partial charge is 0.497 e. The second kappa shape index (κ2) is 5.20. The Morgan fingerprint density at radius 2 is 2.20 bits per heavy atom. The van der Waals surface area contributed by atoms with E-state index in [0.29, 0.717) is 12.5 Å². The summed E-state index contributed by atoms with van der Waals surface area (Å²) in [6, 6.07) is 7.97. The third kappa shape index (κ3) is 2.24. The van der Waals surface area contributed by atoms with Gasteiger partial charge in [0.05, 0.1) is 13.7 Å². The highest BCUT2D eigenvalue weighted by Crippen LogP contribution is 2.61. The van der Waals surface area contributed by atoms with Crippen molar-refractivity contribution < 1.29 is 14.3 Å². The maximum atomic E-state index is 12.1. The van der Waals surface area contributed by atoms with Crippen LogP contribution in [0.2, 0.25) is 0 Å². The van der Waals surface area contributed by atoms with Crippen molar-refractivity contribution in [2.75, 3.05) is 24.6 Å².